The van der Waals surface area contributed by atoms with E-state index in [1.165, 1.54) is 18.4 Å². The first kappa shape index (κ1) is 20.3. The Morgan fingerprint density at radius 3 is 2.72 bits per heavy atom. The molecule has 29 heavy (non-hydrogen) atoms. The first-order chi connectivity index (χ1) is 13.9. The third kappa shape index (κ3) is 3.65. The average molecular weight is 396 g/mol. The number of rotatable bonds is 5. The molecule has 1 N–H and O–H groups in total. The number of aromatic hydroxyl groups is 1. The molecule has 0 amide bonds. The lowest BCUT2D eigenvalue weighted by molar-refractivity contribution is -0.124. The van der Waals surface area contributed by atoms with Crippen LogP contribution in [-0.2, 0) is 10.2 Å². The van der Waals surface area contributed by atoms with Crippen molar-refractivity contribution in [3.05, 3.63) is 23.3 Å². The summed E-state index contributed by atoms with van der Waals surface area (Å²) in [6.07, 6.45) is 10.3. The van der Waals surface area contributed by atoms with Crippen LogP contribution in [0.1, 0.15) is 102 Å². The van der Waals surface area contributed by atoms with E-state index >= 15 is 0 Å². The van der Waals surface area contributed by atoms with Crippen LogP contribution < -0.4 is 4.74 Å². The van der Waals surface area contributed by atoms with E-state index in [4.69, 9.17) is 10.00 Å². The quantitative estimate of drug-likeness (QED) is 0.629. The van der Waals surface area contributed by atoms with Crippen LogP contribution in [0.5, 0.6) is 11.5 Å². The molecule has 1 aromatic carbocycles. The van der Waals surface area contributed by atoms with Crippen LogP contribution in [0.3, 0.4) is 0 Å². The maximum atomic E-state index is 12.2. The molecular formula is C25H33NO3. The zero-order chi connectivity index (χ0) is 20.6. The number of phenols is 1. The molecule has 1 heterocycles. The summed E-state index contributed by atoms with van der Waals surface area (Å²) in [6.45, 7) is 4.25. The second-order valence-electron chi connectivity index (χ2n) is 9.96. The molecule has 1 aromatic rings. The Morgan fingerprint density at radius 2 is 2.00 bits per heavy atom. The summed E-state index contributed by atoms with van der Waals surface area (Å²) >= 11 is 0. The van der Waals surface area contributed by atoms with Gasteiger partial charge in [0.1, 0.15) is 22.9 Å². The summed E-state index contributed by atoms with van der Waals surface area (Å²) in [7, 11) is 0. The minimum Gasteiger partial charge on any atom is -0.508 e. The molecule has 0 aromatic heterocycles. The van der Waals surface area contributed by atoms with Crippen molar-refractivity contribution in [3.8, 4) is 17.6 Å². The first-order valence-corrected chi connectivity index (χ1v) is 11.3. The molecule has 2 atom stereocenters. The van der Waals surface area contributed by atoms with Gasteiger partial charge in [0.25, 0.3) is 0 Å². The van der Waals surface area contributed by atoms with Crippen LogP contribution in [0.2, 0.25) is 0 Å². The van der Waals surface area contributed by atoms with E-state index in [1.54, 1.807) is 0 Å². The molecule has 1 aliphatic heterocycles. The van der Waals surface area contributed by atoms with Crippen LogP contribution in [0.25, 0.3) is 0 Å². The molecule has 2 saturated carbocycles. The fourth-order valence-electron chi connectivity index (χ4n) is 6.28. The van der Waals surface area contributed by atoms with Crippen LogP contribution >= 0.6 is 0 Å². The van der Waals surface area contributed by atoms with Crippen LogP contribution in [-0.4, -0.2) is 16.5 Å². The van der Waals surface area contributed by atoms with Gasteiger partial charge in [0.15, 0.2) is 0 Å². The van der Waals surface area contributed by atoms with Gasteiger partial charge in [-0.05, 0) is 69.1 Å². The first-order valence-electron chi connectivity index (χ1n) is 11.3. The molecule has 4 nitrogen and oxygen atoms in total. The smallest absolute Gasteiger partial charge is 0.133 e. The van der Waals surface area contributed by atoms with Crippen molar-refractivity contribution in [1.29, 1.82) is 5.26 Å². The highest BCUT2D eigenvalue weighted by Gasteiger charge is 2.48. The minimum absolute atomic E-state index is 0.0548. The van der Waals surface area contributed by atoms with Crippen molar-refractivity contribution in [2.75, 3.05) is 0 Å². The number of unbranched alkanes of at least 4 members (excludes halogenated alkanes) is 2. The van der Waals surface area contributed by atoms with E-state index in [2.05, 4.69) is 26.0 Å². The minimum atomic E-state index is -0.334. The van der Waals surface area contributed by atoms with Gasteiger partial charge in [-0.3, -0.25) is 4.79 Å². The van der Waals surface area contributed by atoms with E-state index in [1.807, 2.05) is 6.07 Å². The third-order valence-electron chi connectivity index (χ3n) is 7.79. The van der Waals surface area contributed by atoms with Crippen molar-refractivity contribution in [3.63, 3.8) is 0 Å². The maximum absolute atomic E-state index is 12.2. The van der Waals surface area contributed by atoms with E-state index in [9.17, 15) is 9.90 Å². The zero-order valence-electron chi connectivity index (χ0n) is 17.8. The van der Waals surface area contributed by atoms with E-state index in [0.29, 0.717) is 30.8 Å². The number of ether oxygens (including phenoxy) is 1. The molecule has 0 radical (unpaired) electrons. The van der Waals surface area contributed by atoms with Crippen molar-refractivity contribution < 1.29 is 14.6 Å². The van der Waals surface area contributed by atoms with Crippen molar-refractivity contribution in [2.24, 2.45) is 5.92 Å². The Bertz CT molecular complexity index is 829. The maximum Gasteiger partial charge on any atom is 0.133 e. The van der Waals surface area contributed by atoms with Crippen LogP contribution in [0.15, 0.2) is 12.1 Å². The van der Waals surface area contributed by atoms with Gasteiger partial charge in [-0.25, -0.2) is 0 Å². The van der Waals surface area contributed by atoms with Gasteiger partial charge in [-0.1, -0.05) is 19.3 Å². The fraction of sp³-hybridized carbons (Fsp3) is 0.680. The monoisotopic (exact) mass is 395 g/mol. The van der Waals surface area contributed by atoms with Gasteiger partial charge in [0, 0.05) is 36.7 Å². The van der Waals surface area contributed by atoms with Gasteiger partial charge < -0.3 is 9.84 Å². The third-order valence-corrected chi connectivity index (χ3v) is 7.79. The lowest BCUT2D eigenvalue weighted by Crippen LogP contribution is -2.47. The standard InChI is InChI=1S/C25H33NO3/c1-24(2)20-9-8-18(27)16-19(20)23-21(28)14-17(15-22(23)29-24)25(11-5-6-12-25)10-4-3-7-13-26/h14-15,19-20,28H,3-12,16H2,1-2H3/t19-,20-/m1/s1. The highest BCUT2D eigenvalue weighted by Crippen LogP contribution is 2.56. The number of fused-ring (bicyclic) bond motifs is 3. The summed E-state index contributed by atoms with van der Waals surface area (Å²) in [5.74, 6) is 1.70. The topological polar surface area (TPSA) is 70.3 Å². The predicted octanol–water partition coefficient (Wildman–Crippen LogP) is 5.91. The second kappa shape index (κ2) is 7.67. The Hall–Kier alpha value is -2.02. The SMILES string of the molecule is CC1(C)Oc2cc(C3(CCCCC#N)CCCC3)cc(O)c2[C@@H]2CC(=O)CC[C@H]21. The highest BCUT2D eigenvalue weighted by molar-refractivity contribution is 5.81. The lowest BCUT2D eigenvalue weighted by atomic mass is 9.65. The molecule has 2 aliphatic carbocycles. The summed E-state index contributed by atoms with van der Waals surface area (Å²) < 4.78 is 6.48. The van der Waals surface area contributed by atoms with Gasteiger partial charge in [0.05, 0.1) is 6.07 Å². The largest absolute Gasteiger partial charge is 0.508 e. The Kier molecular flexibility index (Phi) is 5.36. The molecule has 2 fully saturated rings. The fourth-order valence-corrected chi connectivity index (χ4v) is 6.28. The zero-order valence-corrected chi connectivity index (χ0v) is 17.8. The van der Waals surface area contributed by atoms with E-state index < -0.39 is 0 Å². The molecule has 0 spiro atoms. The van der Waals surface area contributed by atoms with Crippen LogP contribution in [0.4, 0.5) is 0 Å². The normalized spacial score (nSPS) is 26.9. The average Bonchev–Trinajstić information content (AvgIpc) is 3.14. The summed E-state index contributed by atoms with van der Waals surface area (Å²) in [5.41, 5.74) is 1.77. The number of benzene rings is 1. The van der Waals surface area contributed by atoms with Gasteiger partial charge in [-0.2, -0.15) is 5.26 Å². The Balaban J connectivity index is 1.70. The van der Waals surface area contributed by atoms with Gasteiger partial charge in [0.2, 0.25) is 0 Å². The lowest BCUT2D eigenvalue weighted by Gasteiger charge is -2.47. The van der Waals surface area contributed by atoms with Crippen LogP contribution in [0, 0.1) is 17.2 Å². The highest BCUT2D eigenvalue weighted by atomic mass is 16.5. The molecule has 0 saturated heterocycles. The Morgan fingerprint density at radius 1 is 1.24 bits per heavy atom. The predicted molar refractivity (Wildman–Crippen MR) is 112 cm³/mol. The van der Waals surface area contributed by atoms with Gasteiger partial charge >= 0.3 is 0 Å². The number of Topliss-reactive ketones (excluding diaryl/α,β-unsaturated/α-hetero) is 1. The van der Waals surface area contributed by atoms with Crippen molar-refractivity contribution in [2.45, 2.75) is 101 Å². The molecule has 4 rings (SSSR count). The van der Waals surface area contributed by atoms with Crippen molar-refractivity contribution in [1.82, 2.24) is 0 Å². The summed E-state index contributed by atoms with van der Waals surface area (Å²) in [4.78, 5) is 12.2. The number of nitriles is 1. The molecule has 0 bridgehead atoms. The van der Waals surface area contributed by atoms with Gasteiger partial charge in [-0.15, -0.1) is 0 Å². The molecule has 4 heteroatoms. The van der Waals surface area contributed by atoms with E-state index in [0.717, 1.165) is 49.8 Å². The molecular weight excluding hydrogens is 362 g/mol. The Labute approximate surface area is 174 Å². The number of phenolic OH excluding ortho intramolecular Hbond substituents is 1. The number of hydrogen-bond acceptors (Lipinski definition) is 4. The number of ketones is 1. The molecule has 156 valence electrons. The number of nitrogens with zero attached hydrogens (tertiary/aromatic N) is 1. The number of hydrogen-bond donors (Lipinski definition) is 1. The number of carbonyl (C=O) groups is 1. The van der Waals surface area contributed by atoms with E-state index in [-0.39, 0.29) is 22.9 Å². The second-order valence-corrected chi connectivity index (χ2v) is 9.96. The number of carbonyl (C=O) groups excluding carboxylic acids is 1. The molecule has 3 aliphatic rings. The molecule has 0 unspecified atom stereocenters. The summed E-state index contributed by atoms with van der Waals surface area (Å²) in [5, 5.41) is 19.9. The van der Waals surface area contributed by atoms with Crippen molar-refractivity contribution >= 4 is 5.78 Å². The summed E-state index contributed by atoms with van der Waals surface area (Å²) in [6, 6.07) is 6.38.